The predicted molar refractivity (Wildman–Crippen MR) is 287 cm³/mol. The van der Waals surface area contributed by atoms with Gasteiger partial charge in [0.15, 0.2) is 0 Å². The number of rotatable bonds is 5. The Kier molecular flexibility index (Phi) is 7.98. The Bertz CT molecular complexity index is 3950. The third kappa shape index (κ3) is 4.98. The molecule has 12 aromatic carbocycles. The molecule has 0 atom stereocenters. The summed E-state index contributed by atoms with van der Waals surface area (Å²) in [6.07, 6.45) is 0. The van der Waals surface area contributed by atoms with Crippen LogP contribution in [0.1, 0.15) is 44.5 Å². The first kappa shape index (κ1) is 38.3. The topological polar surface area (TPSA) is 3.24 Å². The van der Waals surface area contributed by atoms with Gasteiger partial charge in [-0.3, -0.25) is 0 Å². The van der Waals surface area contributed by atoms with Gasteiger partial charge in [-0.2, -0.15) is 0 Å². The Morgan fingerprint density at radius 2 is 0.609 bits per heavy atom. The van der Waals surface area contributed by atoms with E-state index in [0.29, 0.717) is 0 Å². The van der Waals surface area contributed by atoms with E-state index < -0.39 is 10.8 Å². The minimum absolute atomic E-state index is 0.557. The molecular weight excluding hydrogens is 831 g/mol. The Morgan fingerprint density at radius 3 is 1.14 bits per heavy atom. The van der Waals surface area contributed by atoms with E-state index in [0.717, 1.165) is 11.4 Å². The molecule has 0 amide bonds. The summed E-state index contributed by atoms with van der Waals surface area (Å²) in [4.78, 5) is 2.60. The molecule has 3 aliphatic rings. The van der Waals surface area contributed by atoms with Crippen LogP contribution in [-0.2, 0) is 10.8 Å². The maximum Gasteiger partial charge on any atom is 0.0746 e. The Balaban J connectivity index is 1.08. The van der Waals surface area contributed by atoms with Crippen LogP contribution < -0.4 is 4.90 Å². The van der Waals surface area contributed by atoms with Gasteiger partial charge >= 0.3 is 0 Å². The molecule has 0 N–H and O–H groups in total. The molecule has 0 unspecified atom stereocenters. The van der Waals surface area contributed by atoms with Crippen LogP contribution in [-0.4, -0.2) is 0 Å². The Hall–Kier alpha value is -8.78. The van der Waals surface area contributed by atoms with Crippen LogP contribution in [0.25, 0.3) is 65.7 Å². The molecule has 0 radical (unpaired) electrons. The highest BCUT2D eigenvalue weighted by Crippen LogP contribution is 2.66. The minimum atomic E-state index is -0.561. The van der Waals surface area contributed by atoms with Gasteiger partial charge in [0.1, 0.15) is 0 Å². The molecule has 3 aliphatic carbocycles. The van der Waals surface area contributed by atoms with Gasteiger partial charge in [-0.15, -0.1) is 0 Å². The van der Waals surface area contributed by atoms with E-state index in [1.165, 1.54) is 116 Å². The SMILES string of the molecule is c1ccc(C2(c3ccccc3)c3ccccc3-c3ccc(N(c4ccc5c6ccccc6c6ccccc6c5c4)c4cccc5c4C4(c6ccccc6-c6ccccc64)c4ccccc4-5)cc32)cc1. The van der Waals surface area contributed by atoms with Crippen LogP contribution in [0.5, 0.6) is 0 Å². The number of hydrogen-bond donors (Lipinski definition) is 0. The maximum absolute atomic E-state index is 2.60. The minimum Gasteiger partial charge on any atom is -0.310 e. The summed E-state index contributed by atoms with van der Waals surface area (Å²) in [5.74, 6) is 0. The summed E-state index contributed by atoms with van der Waals surface area (Å²) in [7, 11) is 0. The van der Waals surface area contributed by atoms with Crippen LogP contribution in [0.3, 0.4) is 0 Å². The molecule has 0 heterocycles. The lowest BCUT2D eigenvalue weighted by molar-refractivity contribution is 0.768. The zero-order valence-corrected chi connectivity index (χ0v) is 37.8. The maximum atomic E-state index is 2.60. The first-order valence-electron chi connectivity index (χ1n) is 24.2. The molecule has 0 saturated carbocycles. The summed E-state index contributed by atoms with van der Waals surface area (Å²) in [5, 5.41) is 7.57. The van der Waals surface area contributed by atoms with E-state index in [-0.39, 0.29) is 0 Å². The number of fused-ring (bicyclic) bond motifs is 19. The summed E-state index contributed by atoms with van der Waals surface area (Å²) in [5.41, 5.74) is 20.4. The van der Waals surface area contributed by atoms with Crippen molar-refractivity contribution >= 4 is 49.4 Å². The van der Waals surface area contributed by atoms with E-state index in [2.05, 4.69) is 266 Å². The molecule has 1 spiro atoms. The molecule has 0 fully saturated rings. The van der Waals surface area contributed by atoms with Crippen molar-refractivity contribution in [2.75, 3.05) is 4.90 Å². The van der Waals surface area contributed by atoms with Crippen molar-refractivity contribution in [2.45, 2.75) is 10.8 Å². The first-order valence-corrected chi connectivity index (χ1v) is 24.2. The van der Waals surface area contributed by atoms with Gasteiger partial charge in [0.25, 0.3) is 0 Å². The molecule has 0 aliphatic heterocycles. The van der Waals surface area contributed by atoms with E-state index in [1.54, 1.807) is 0 Å². The number of anilines is 3. The predicted octanol–water partition coefficient (Wildman–Crippen LogP) is 17.3. The fourth-order valence-corrected chi connectivity index (χ4v) is 13.4. The molecule has 0 bridgehead atoms. The largest absolute Gasteiger partial charge is 0.310 e. The molecule has 12 aromatic rings. The summed E-state index contributed by atoms with van der Waals surface area (Å²) in [6.45, 7) is 0. The quantitative estimate of drug-likeness (QED) is 0.156. The molecule has 69 heavy (non-hydrogen) atoms. The molecule has 320 valence electrons. The highest BCUT2D eigenvalue weighted by molar-refractivity contribution is 6.26. The van der Waals surface area contributed by atoms with Crippen LogP contribution >= 0.6 is 0 Å². The van der Waals surface area contributed by atoms with Gasteiger partial charge in [0.2, 0.25) is 0 Å². The lowest BCUT2D eigenvalue weighted by Crippen LogP contribution is -2.29. The molecule has 1 nitrogen and oxygen atoms in total. The second-order valence-electron chi connectivity index (χ2n) is 19.0. The highest BCUT2D eigenvalue weighted by Gasteiger charge is 2.53. The zero-order chi connectivity index (χ0) is 45.3. The lowest BCUT2D eigenvalue weighted by Gasteiger charge is -2.37. The third-order valence-electron chi connectivity index (χ3n) is 15.9. The average Bonchev–Trinajstić information content (AvgIpc) is 4.02. The van der Waals surface area contributed by atoms with Gasteiger partial charge in [-0.1, -0.05) is 231 Å². The highest BCUT2D eigenvalue weighted by atomic mass is 15.1. The van der Waals surface area contributed by atoms with Crippen LogP contribution in [0, 0.1) is 0 Å². The van der Waals surface area contributed by atoms with Gasteiger partial charge in [0, 0.05) is 16.9 Å². The van der Waals surface area contributed by atoms with Crippen molar-refractivity contribution < 1.29 is 0 Å². The average molecular weight is 874 g/mol. The Morgan fingerprint density at radius 1 is 0.232 bits per heavy atom. The van der Waals surface area contributed by atoms with Gasteiger partial charge < -0.3 is 4.90 Å². The van der Waals surface area contributed by atoms with Crippen LogP contribution in [0.4, 0.5) is 17.1 Å². The second kappa shape index (κ2) is 14.4. The van der Waals surface area contributed by atoms with Crippen molar-refractivity contribution in [3.8, 4) is 33.4 Å². The molecule has 0 aromatic heterocycles. The van der Waals surface area contributed by atoms with Crippen LogP contribution in [0.15, 0.2) is 261 Å². The van der Waals surface area contributed by atoms with Gasteiger partial charge in [-0.05, 0) is 135 Å². The normalized spacial score (nSPS) is 14.0. The summed E-state index contributed by atoms with van der Waals surface area (Å²) in [6, 6.07) is 98.3. The monoisotopic (exact) mass is 873 g/mol. The molecule has 0 saturated heterocycles. The van der Waals surface area contributed by atoms with Crippen LogP contribution in [0.2, 0.25) is 0 Å². The number of nitrogens with zero attached hydrogens (tertiary/aromatic N) is 1. The summed E-state index contributed by atoms with van der Waals surface area (Å²) >= 11 is 0. The van der Waals surface area contributed by atoms with E-state index in [4.69, 9.17) is 0 Å². The smallest absolute Gasteiger partial charge is 0.0746 e. The molecule has 1 heteroatoms. The standard InChI is InChI=1S/C68H43N/c1-3-20-44(21-4-1)67(45-22-5-2-6-23-45)60-33-15-11-30-55(60)57-41-39-47(43-64(57)67)69(46-38-40-52-50-26-8-7-24-48(50)49-25-9-10-27-51(49)59(52)42-46)65-37-19-32-58-56-31-14-18-36-63(56)68(66(58)65)61-34-16-12-28-53(61)54-29-13-17-35-62(54)68/h1-43H. The first-order chi connectivity index (χ1) is 34.3. The third-order valence-corrected chi connectivity index (χ3v) is 15.9. The molecule has 15 rings (SSSR count). The number of hydrogen-bond acceptors (Lipinski definition) is 1. The second-order valence-corrected chi connectivity index (χ2v) is 19.0. The van der Waals surface area contributed by atoms with Crippen molar-refractivity contribution in [3.63, 3.8) is 0 Å². The molecular formula is C68H43N. The van der Waals surface area contributed by atoms with Gasteiger partial charge in [0.05, 0.1) is 16.5 Å². The van der Waals surface area contributed by atoms with Crippen molar-refractivity contribution in [1.82, 2.24) is 0 Å². The van der Waals surface area contributed by atoms with Crippen molar-refractivity contribution in [1.29, 1.82) is 0 Å². The van der Waals surface area contributed by atoms with Crippen molar-refractivity contribution in [3.05, 3.63) is 305 Å². The Labute approximate surface area is 401 Å². The fourth-order valence-electron chi connectivity index (χ4n) is 13.4. The van der Waals surface area contributed by atoms with E-state index in [9.17, 15) is 0 Å². The van der Waals surface area contributed by atoms with E-state index >= 15 is 0 Å². The number of benzene rings is 12. The fraction of sp³-hybridized carbons (Fsp3) is 0.0294. The zero-order valence-electron chi connectivity index (χ0n) is 37.8. The van der Waals surface area contributed by atoms with Gasteiger partial charge in [-0.25, -0.2) is 0 Å². The lowest BCUT2D eigenvalue weighted by atomic mass is 9.67. The summed E-state index contributed by atoms with van der Waals surface area (Å²) < 4.78 is 0. The van der Waals surface area contributed by atoms with E-state index in [1.807, 2.05) is 0 Å². The van der Waals surface area contributed by atoms with Crippen molar-refractivity contribution in [2.24, 2.45) is 0 Å².